The lowest BCUT2D eigenvalue weighted by Crippen LogP contribution is -2.38. The summed E-state index contributed by atoms with van der Waals surface area (Å²) in [6.45, 7) is 6.19. The van der Waals surface area contributed by atoms with Crippen molar-refractivity contribution >= 4 is 41.3 Å². The Hall–Kier alpha value is -1.22. The van der Waals surface area contributed by atoms with Gasteiger partial charge in [0.1, 0.15) is 5.82 Å². The van der Waals surface area contributed by atoms with E-state index in [4.69, 9.17) is 0 Å². The molecule has 0 aliphatic rings. The molecule has 7 heteroatoms. The molecule has 0 atom stereocenters. The smallest absolute Gasteiger partial charge is 0.191 e. The molecule has 0 aliphatic carbocycles. The molecule has 2 N–H and O–H groups in total. The van der Waals surface area contributed by atoms with Crippen molar-refractivity contribution in [2.75, 3.05) is 13.1 Å². The van der Waals surface area contributed by atoms with Gasteiger partial charge in [-0.25, -0.2) is 14.4 Å². The highest BCUT2D eigenvalue weighted by Crippen LogP contribution is 2.10. The van der Waals surface area contributed by atoms with Gasteiger partial charge in [0.05, 0.1) is 17.2 Å². The highest BCUT2D eigenvalue weighted by Gasteiger charge is 2.02. The van der Waals surface area contributed by atoms with E-state index in [0.29, 0.717) is 13.1 Å². The minimum absolute atomic E-state index is 0. The zero-order valence-corrected chi connectivity index (χ0v) is 17.2. The van der Waals surface area contributed by atoms with E-state index in [1.54, 1.807) is 23.5 Å². The normalized spacial score (nSPS) is 11.0. The Labute approximate surface area is 164 Å². The Kier molecular flexibility index (Phi) is 9.85. The first-order valence-corrected chi connectivity index (χ1v) is 8.79. The lowest BCUT2D eigenvalue weighted by atomic mass is 10.1. The molecule has 0 spiro atoms. The summed E-state index contributed by atoms with van der Waals surface area (Å²) in [5, 5.41) is 9.68. The van der Waals surface area contributed by atoms with Crippen LogP contribution in [0.5, 0.6) is 0 Å². The number of halogens is 2. The van der Waals surface area contributed by atoms with Crippen LogP contribution in [0.1, 0.15) is 30.1 Å². The third-order valence-corrected chi connectivity index (χ3v) is 4.28. The van der Waals surface area contributed by atoms with Gasteiger partial charge < -0.3 is 10.6 Å². The number of nitrogens with zero attached hydrogens (tertiary/aromatic N) is 2. The molecular formula is C17H24FIN4S. The van der Waals surface area contributed by atoms with Gasteiger partial charge >= 0.3 is 0 Å². The highest BCUT2D eigenvalue weighted by molar-refractivity contribution is 14.0. The van der Waals surface area contributed by atoms with Crippen LogP contribution in [0.4, 0.5) is 4.39 Å². The second-order valence-corrected chi connectivity index (χ2v) is 6.03. The zero-order valence-electron chi connectivity index (χ0n) is 14.0. The van der Waals surface area contributed by atoms with Gasteiger partial charge in [0, 0.05) is 18.5 Å². The molecule has 2 aromatic rings. The number of nitrogens with one attached hydrogen (secondary N) is 2. The monoisotopic (exact) mass is 462 g/mol. The van der Waals surface area contributed by atoms with Gasteiger partial charge in [-0.3, -0.25) is 0 Å². The lowest BCUT2D eigenvalue weighted by molar-refractivity contribution is 0.625. The summed E-state index contributed by atoms with van der Waals surface area (Å²) >= 11 is 1.67. The first-order valence-electron chi connectivity index (χ1n) is 7.91. The van der Waals surface area contributed by atoms with Crippen LogP contribution in [-0.2, 0) is 19.4 Å². The fraction of sp³-hybridized carbons (Fsp3) is 0.412. The number of benzene rings is 1. The molecule has 0 amide bonds. The van der Waals surface area contributed by atoms with Gasteiger partial charge in [-0.2, -0.15) is 0 Å². The summed E-state index contributed by atoms with van der Waals surface area (Å²) in [4.78, 5) is 9.06. The first kappa shape index (κ1) is 20.8. The number of aryl methyl sites for hydroxylation is 1. The summed E-state index contributed by atoms with van der Waals surface area (Å²) < 4.78 is 13.2. The standard InChI is InChI=1S/C17H23FN4S.HI/c1-3-16-22-15(12-23-16)11-21-17(19-4-2)20-9-8-13-6-5-7-14(18)10-13;/h5-7,10,12H,3-4,8-9,11H2,1-2H3,(H2,19,20,21);1H. The molecule has 0 bridgehead atoms. The molecule has 0 fully saturated rings. The van der Waals surface area contributed by atoms with Crippen molar-refractivity contribution < 1.29 is 4.39 Å². The van der Waals surface area contributed by atoms with Crippen LogP contribution in [0.2, 0.25) is 0 Å². The van der Waals surface area contributed by atoms with Crippen LogP contribution in [0.25, 0.3) is 0 Å². The average molecular weight is 462 g/mol. The molecule has 0 saturated carbocycles. The fourth-order valence-electron chi connectivity index (χ4n) is 2.10. The number of guanidine groups is 1. The third kappa shape index (κ3) is 7.12. The maximum absolute atomic E-state index is 13.2. The van der Waals surface area contributed by atoms with Crippen LogP contribution in [0.3, 0.4) is 0 Å². The second kappa shape index (κ2) is 11.4. The average Bonchev–Trinajstić information content (AvgIpc) is 3.01. The van der Waals surface area contributed by atoms with Gasteiger partial charge in [0.15, 0.2) is 5.96 Å². The maximum Gasteiger partial charge on any atom is 0.191 e. The predicted molar refractivity (Wildman–Crippen MR) is 110 cm³/mol. The van der Waals surface area contributed by atoms with Crippen LogP contribution < -0.4 is 10.6 Å². The van der Waals surface area contributed by atoms with Crippen molar-refractivity contribution in [1.82, 2.24) is 15.6 Å². The number of aliphatic imine (C=N–C) groups is 1. The molecule has 1 heterocycles. The van der Waals surface area contributed by atoms with E-state index in [1.807, 2.05) is 13.0 Å². The Morgan fingerprint density at radius 2 is 2.12 bits per heavy atom. The van der Waals surface area contributed by atoms with Gasteiger partial charge in [0.2, 0.25) is 0 Å². The van der Waals surface area contributed by atoms with Crippen LogP contribution in [0.15, 0.2) is 34.6 Å². The molecule has 2 rings (SSSR count). The molecule has 0 saturated heterocycles. The molecule has 1 aromatic carbocycles. The van der Waals surface area contributed by atoms with Gasteiger partial charge in [0.25, 0.3) is 0 Å². The summed E-state index contributed by atoms with van der Waals surface area (Å²) in [5.41, 5.74) is 1.97. The molecule has 24 heavy (non-hydrogen) atoms. The Morgan fingerprint density at radius 3 is 2.79 bits per heavy atom. The van der Waals surface area contributed by atoms with Crippen molar-refractivity contribution in [2.24, 2.45) is 4.99 Å². The van der Waals surface area contributed by atoms with Crippen molar-refractivity contribution in [3.8, 4) is 0 Å². The Balaban J connectivity index is 0.00000288. The molecule has 132 valence electrons. The number of hydrogen-bond acceptors (Lipinski definition) is 3. The second-order valence-electron chi connectivity index (χ2n) is 5.09. The van der Waals surface area contributed by atoms with Crippen LogP contribution in [0, 0.1) is 5.82 Å². The fourth-order valence-corrected chi connectivity index (χ4v) is 2.84. The van der Waals surface area contributed by atoms with Gasteiger partial charge in [-0.05, 0) is 37.5 Å². The molecule has 0 radical (unpaired) electrons. The maximum atomic E-state index is 13.2. The minimum Gasteiger partial charge on any atom is -0.357 e. The summed E-state index contributed by atoms with van der Waals surface area (Å²) in [6, 6.07) is 6.68. The van der Waals surface area contributed by atoms with E-state index >= 15 is 0 Å². The van der Waals surface area contributed by atoms with E-state index in [-0.39, 0.29) is 29.8 Å². The van der Waals surface area contributed by atoms with Crippen molar-refractivity contribution in [1.29, 1.82) is 0 Å². The number of hydrogen-bond donors (Lipinski definition) is 2. The first-order chi connectivity index (χ1) is 11.2. The third-order valence-electron chi connectivity index (χ3n) is 3.24. The molecular weight excluding hydrogens is 438 g/mol. The Morgan fingerprint density at radius 1 is 1.29 bits per heavy atom. The largest absolute Gasteiger partial charge is 0.357 e. The molecule has 0 aliphatic heterocycles. The summed E-state index contributed by atoms with van der Waals surface area (Å²) in [6.07, 6.45) is 1.71. The number of thiazole rings is 1. The Bertz CT molecular complexity index is 645. The summed E-state index contributed by atoms with van der Waals surface area (Å²) in [5.74, 6) is 0.563. The zero-order chi connectivity index (χ0) is 16.5. The number of aromatic nitrogens is 1. The van der Waals surface area contributed by atoms with E-state index < -0.39 is 0 Å². The summed E-state index contributed by atoms with van der Waals surface area (Å²) in [7, 11) is 0. The number of rotatable bonds is 7. The van der Waals surface area contributed by atoms with Crippen molar-refractivity contribution in [2.45, 2.75) is 33.2 Å². The highest BCUT2D eigenvalue weighted by atomic mass is 127. The van der Waals surface area contributed by atoms with Crippen molar-refractivity contribution in [3.05, 3.63) is 51.7 Å². The van der Waals surface area contributed by atoms with Crippen molar-refractivity contribution in [3.63, 3.8) is 0 Å². The van der Waals surface area contributed by atoms with E-state index in [0.717, 1.165) is 41.6 Å². The van der Waals surface area contributed by atoms with E-state index in [9.17, 15) is 4.39 Å². The molecule has 0 unspecified atom stereocenters. The van der Waals surface area contributed by atoms with Gasteiger partial charge in [-0.15, -0.1) is 35.3 Å². The van der Waals surface area contributed by atoms with E-state index in [2.05, 4.69) is 32.9 Å². The van der Waals surface area contributed by atoms with Crippen LogP contribution >= 0.6 is 35.3 Å². The molecule has 4 nitrogen and oxygen atoms in total. The predicted octanol–water partition coefficient (Wildman–Crippen LogP) is 3.76. The van der Waals surface area contributed by atoms with Crippen LogP contribution in [-0.4, -0.2) is 24.0 Å². The minimum atomic E-state index is -0.196. The van der Waals surface area contributed by atoms with Gasteiger partial charge in [-0.1, -0.05) is 19.1 Å². The molecule has 1 aromatic heterocycles. The quantitative estimate of drug-likeness (QED) is 0.374. The van der Waals surface area contributed by atoms with E-state index in [1.165, 1.54) is 6.07 Å². The topological polar surface area (TPSA) is 49.3 Å². The SMILES string of the molecule is CCNC(=NCc1csc(CC)n1)NCCc1cccc(F)c1.I. The lowest BCUT2D eigenvalue weighted by Gasteiger charge is -2.11.